The van der Waals surface area contributed by atoms with Crippen molar-refractivity contribution in [1.29, 1.82) is 0 Å². The van der Waals surface area contributed by atoms with Crippen molar-refractivity contribution < 1.29 is 18.8 Å². The zero-order valence-corrected chi connectivity index (χ0v) is 10.9. The Bertz CT molecular complexity index is 497. The number of amides is 1. The molecule has 0 saturated carbocycles. The van der Waals surface area contributed by atoms with Gasteiger partial charge < -0.3 is 10.1 Å². The molecule has 1 aromatic carbocycles. The van der Waals surface area contributed by atoms with Gasteiger partial charge in [-0.1, -0.05) is 6.07 Å². The number of para-hydroxylation sites is 1. The number of hydrogen-bond donors (Lipinski definition) is 1. The van der Waals surface area contributed by atoms with Crippen molar-refractivity contribution in [2.45, 2.75) is 26.4 Å². The molecule has 0 spiro atoms. The van der Waals surface area contributed by atoms with E-state index in [1.807, 2.05) is 0 Å². The number of nitro groups is 1. The van der Waals surface area contributed by atoms with E-state index in [4.69, 9.17) is 4.74 Å². The van der Waals surface area contributed by atoms with Crippen LogP contribution in [0.1, 0.15) is 20.8 Å². The van der Waals surface area contributed by atoms with Gasteiger partial charge in [-0.05, 0) is 26.8 Å². The molecule has 1 amide bonds. The number of nitrogens with zero attached hydrogens (tertiary/aromatic N) is 1. The highest BCUT2D eigenvalue weighted by Crippen LogP contribution is 2.26. The van der Waals surface area contributed by atoms with Crippen LogP contribution in [0.2, 0.25) is 0 Å². The van der Waals surface area contributed by atoms with Crippen molar-refractivity contribution in [2.75, 3.05) is 11.9 Å². The van der Waals surface area contributed by atoms with Gasteiger partial charge in [0.1, 0.15) is 6.61 Å². The zero-order chi connectivity index (χ0) is 14.6. The topological polar surface area (TPSA) is 81.5 Å². The maximum Gasteiger partial charge on any atom is 0.295 e. The average Bonchev–Trinajstić information content (AvgIpc) is 2.28. The third kappa shape index (κ3) is 4.63. The number of nitro benzene ring substituents is 1. The van der Waals surface area contributed by atoms with Crippen molar-refractivity contribution in [1.82, 2.24) is 0 Å². The summed E-state index contributed by atoms with van der Waals surface area (Å²) >= 11 is 0. The van der Waals surface area contributed by atoms with E-state index >= 15 is 0 Å². The molecule has 0 atom stereocenters. The Balaban J connectivity index is 2.82. The molecular weight excluding hydrogens is 255 g/mol. The van der Waals surface area contributed by atoms with Gasteiger partial charge in [-0.3, -0.25) is 14.9 Å². The predicted octanol–water partition coefficient (Wildman–Crippen LogP) is 2.49. The molecule has 0 heterocycles. The van der Waals surface area contributed by atoms with Crippen LogP contribution < -0.4 is 5.32 Å². The Morgan fingerprint density at radius 3 is 2.63 bits per heavy atom. The molecule has 0 aliphatic carbocycles. The lowest BCUT2D eigenvalue weighted by Crippen LogP contribution is -2.27. The first-order chi connectivity index (χ1) is 8.70. The minimum Gasteiger partial charge on any atom is -0.366 e. The lowest BCUT2D eigenvalue weighted by Gasteiger charge is -2.19. The largest absolute Gasteiger partial charge is 0.366 e. The fourth-order valence-corrected chi connectivity index (χ4v) is 1.25. The standard InChI is InChI=1S/C12H15FN2O4/c1-12(2,3)19-7-10(16)14-11-8(13)5-4-6-9(11)15(17)18/h4-6H,7H2,1-3H3,(H,14,16). The summed E-state index contributed by atoms with van der Waals surface area (Å²) in [6.07, 6.45) is 0. The first-order valence-electron chi connectivity index (χ1n) is 5.57. The summed E-state index contributed by atoms with van der Waals surface area (Å²) in [5.74, 6) is -1.51. The van der Waals surface area contributed by atoms with Gasteiger partial charge in [0, 0.05) is 6.07 Å². The van der Waals surface area contributed by atoms with Gasteiger partial charge in [-0.25, -0.2) is 4.39 Å². The van der Waals surface area contributed by atoms with Gasteiger partial charge in [-0.15, -0.1) is 0 Å². The summed E-state index contributed by atoms with van der Waals surface area (Å²) < 4.78 is 18.7. The van der Waals surface area contributed by atoms with E-state index in [-0.39, 0.29) is 6.61 Å². The third-order valence-electron chi connectivity index (χ3n) is 2.09. The highest BCUT2D eigenvalue weighted by molar-refractivity contribution is 5.94. The van der Waals surface area contributed by atoms with Crippen LogP contribution in [0.3, 0.4) is 0 Å². The van der Waals surface area contributed by atoms with Crippen LogP contribution in [0.25, 0.3) is 0 Å². The first kappa shape index (κ1) is 15.0. The zero-order valence-electron chi connectivity index (χ0n) is 10.9. The van der Waals surface area contributed by atoms with Crippen molar-refractivity contribution >= 4 is 17.3 Å². The Kier molecular flexibility index (Phi) is 4.55. The second kappa shape index (κ2) is 5.75. The van der Waals surface area contributed by atoms with Gasteiger partial charge in [0.25, 0.3) is 11.6 Å². The smallest absolute Gasteiger partial charge is 0.295 e. The molecule has 0 bridgehead atoms. The lowest BCUT2D eigenvalue weighted by molar-refractivity contribution is -0.384. The molecule has 0 fully saturated rings. The van der Waals surface area contributed by atoms with Gasteiger partial charge >= 0.3 is 0 Å². The summed E-state index contributed by atoms with van der Waals surface area (Å²) in [4.78, 5) is 21.5. The summed E-state index contributed by atoms with van der Waals surface area (Å²) in [5, 5.41) is 12.9. The number of nitrogens with one attached hydrogen (secondary N) is 1. The molecule has 1 aromatic rings. The van der Waals surface area contributed by atoms with Crippen LogP contribution in [-0.2, 0) is 9.53 Å². The van der Waals surface area contributed by atoms with E-state index < -0.39 is 33.6 Å². The third-order valence-corrected chi connectivity index (χ3v) is 2.09. The first-order valence-corrected chi connectivity index (χ1v) is 5.57. The molecule has 0 aliphatic rings. The summed E-state index contributed by atoms with van der Waals surface area (Å²) in [6.45, 7) is 4.96. The van der Waals surface area contributed by atoms with Crippen LogP contribution in [0.4, 0.5) is 15.8 Å². The van der Waals surface area contributed by atoms with E-state index in [2.05, 4.69) is 5.32 Å². The van der Waals surface area contributed by atoms with Gasteiger partial charge in [0.2, 0.25) is 0 Å². The lowest BCUT2D eigenvalue weighted by atomic mass is 10.2. The molecule has 0 aliphatic heterocycles. The number of carbonyl (C=O) groups is 1. The molecule has 19 heavy (non-hydrogen) atoms. The van der Waals surface area contributed by atoms with Crippen LogP contribution in [0.15, 0.2) is 18.2 Å². The molecule has 0 unspecified atom stereocenters. The summed E-state index contributed by atoms with van der Waals surface area (Å²) in [6, 6.07) is 3.35. The number of benzene rings is 1. The molecule has 7 heteroatoms. The molecule has 1 N–H and O–H groups in total. The van der Waals surface area contributed by atoms with E-state index in [0.717, 1.165) is 12.1 Å². The van der Waals surface area contributed by atoms with Crippen LogP contribution in [-0.4, -0.2) is 23.0 Å². The molecule has 104 valence electrons. The minimum atomic E-state index is -0.863. The Labute approximate surface area is 109 Å². The maximum absolute atomic E-state index is 13.5. The number of hydrogen-bond acceptors (Lipinski definition) is 4. The second-order valence-corrected chi connectivity index (χ2v) is 4.84. The minimum absolute atomic E-state index is 0.311. The van der Waals surface area contributed by atoms with Crippen molar-refractivity contribution in [2.24, 2.45) is 0 Å². The highest BCUT2D eigenvalue weighted by atomic mass is 19.1. The van der Waals surface area contributed by atoms with Gasteiger partial charge in [-0.2, -0.15) is 0 Å². The van der Waals surface area contributed by atoms with E-state index in [0.29, 0.717) is 0 Å². The molecule has 0 aromatic heterocycles. The SMILES string of the molecule is CC(C)(C)OCC(=O)Nc1c(F)cccc1[N+](=O)[O-]. The van der Waals surface area contributed by atoms with E-state index in [1.165, 1.54) is 6.07 Å². The number of ether oxygens (including phenoxy) is 1. The fraction of sp³-hybridized carbons (Fsp3) is 0.417. The number of carbonyl (C=O) groups excluding carboxylic acids is 1. The van der Waals surface area contributed by atoms with Gasteiger partial charge in [0.05, 0.1) is 10.5 Å². The van der Waals surface area contributed by atoms with Crippen molar-refractivity contribution in [3.05, 3.63) is 34.1 Å². The number of rotatable bonds is 4. The average molecular weight is 270 g/mol. The van der Waals surface area contributed by atoms with Crippen LogP contribution >= 0.6 is 0 Å². The normalized spacial score (nSPS) is 11.2. The van der Waals surface area contributed by atoms with Crippen molar-refractivity contribution in [3.63, 3.8) is 0 Å². The Morgan fingerprint density at radius 2 is 2.11 bits per heavy atom. The maximum atomic E-state index is 13.5. The van der Waals surface area contributed by atoms with Crippen LogP contribution in [0.5, 0.6) is 0 Å². The predicted molar refractivity (Wildman–Crippen MR) is 67.4 cm³/mol. The van der Waals surface area contributed by atoms with E-state index in [1.54, 1.807) is 20.8 Å². The molecule has 0 saturated heterocycles. The quantitative estimate of drug-likeness (QED) is 0.673. The Hall–Kier alpha value is -2.02. The fourth-order valence-electron chi connectivity index (χ4n) is 1.25. The van der Waals surface area contributed by atoms with Crippen molar-refractivity contribution in [3.8, 4) is 0 Å². The molecular formula is C12H15FN2O4. The second-order valence-electron chi connectivity index (χ2n) is 4.84. The summed E-state index contributed by atoms with van der Waals surface area (Å²) in [7, 11) is 0. The van der Waals surface area contributed by atoms with Gasteiger partial charge in [0.15, 0.2) is 11.5 Å². The summed E-state index contributed by atoms with van der Waals surface area (Å²) in [5.41, 5.74) is -1.47. The van der Waals surface area contributed by atoms with Crippen LogP contribution in [0, 0.1) is 15.9 Å². The Morgan fingerprint density at radius 1 is 1.47 bits per heavy atom. The van der Waals surface area contributed by atoms with E-state index in [9.17, 15) is 19.3 Å². The highest BCUT2D eigenvalue weighted by Gasteiger charge is 2.21. The monoisotopic (exact) mass is 270 g/mol. The number of halogens is 1. The molecule has 6 nitrogen and oxygen atoms in total. The number of anilines is 1. The molecule has 1 rings (SSSR count). The molecule has 0 radical (unpaired) electrons.